The van der Waals surface area contributed by atoms with Crippen LogP contribution in [0.15, 0.2) is 28.9 Å². The number of aromatic nitrogens is 1. The molecule has 0 saturated carbocycles. The van der Waals surface area contributed by atoms with Crippen LogP contribution in [0.1, 0.15) is 5.69 Å². The first kappa shape index (κ1) is 9.55. The molecule has 0 fully saturated rings. The predicted molar refractivity (Wildman–Crippen MR) is 57.3 cm³/mol. The van der Waals surface area contributed by atoms with Crippen molar-refractivity contribution >= 4 is 26.7 Å². The molecule has 0 aliphatic carbocycles. The number of hydrogen-bond donors (Lipinski definition) is 1. The summed E-state index contributed by atoms with van der Waals surface area (Å²) in [6, 6.07) is 4.91. The number of halogens is 2. The SMILES string of the molecule is NCc1nccc2c(F)cc(Br)cc12. The van der Waals surface area contributed by atoms with Crippen LogP contribution in [0.2, 0.25) is 0 Å². The van der Waals surface area contributed by atoms with Crippen LogP contribution in [0.3, 0.4) is 0 Å². The van der Waals surface area contributed by atoms with E-state index in [9.17, 15) is 4.39 Å². The third kappa shape index (κ3) is 1.51. The zero-order valence-electron chi connectivity index (χ0n) is 7.30. The topological polar surface area (TPSA) is 38.9 Å². The number of benzene rings is 1. The molecule has 0 aliphatic heterocycles. The fraction of sp³-hybridized carbons (Fsp3) is 0.100. The van der Waals surface area contributed by atoms with Gasteiger partial charge in [-0.15, -0.1) is 0 Å². The molecule has 2 rings (SSSR count). The van der Waals surface area contributed by atoms with Gasteiger partial charge in [0.05, 0.1) is 5.69 Å². The van der Waals surface area contributed by atoms with Crippen molar-refractivity contribution in [2.45, 2.75) is 6.54 Å². The van der Waals surface area contributed by atoms with Crippen LogP contribution in [-0.4, -0.2) is 4.98 Å². The van der Waals surface area contributed by atoms with Gasteiger partial charge in [0.25, 0.3) is 0 Å². The molecule has 1 aromatic carbocycles. The van der Waals surface area contributed by atoms with Crippen LogP contribution in [-0.2, 0) is 6.54 Å². The fourth-order valence-electron chi connectivity index (χ4n) is 1.43. The molecular weight excluding hydrogens is 247 g/mol. The van der Waals surface area contributed by atoms with Crippen molar-refractivity contribution in [2.24, 2.45) is 5.73 Å². The molecule has 14 heavy (non-hydrogen) atoms. The standard InChI is InChI=1S/C10H8BrFN2/c11-6-3-8-7(9(12)4-6)1-2-14-10(8)5-13/h1-4H,5,13H2. The van der Waals surface area contributed by atoms with Gasteiger partial charge < -0.3 is 5.73 Å². The summed E-state index contributed by atoms with van der Waals surface area (Å²) in [6.07, 6.45) is 1.57. The second-order valence-electron chi connectivity index (χ2n) is 2.94. The van der Waals surface area contributed by atoms with Crippen molar-refractivity contribution in [3.05, 3.63) is 40.4 Å². The van der Waals surface area contributed by atoms with Gasteiger partial charge in [0.2, 0.25) is 0 Å². The van der Waals surface area contributed by atoms with Crippen molar-refractivity contribution in [3.63, 3.8) is 0 Å². The lowest BCUT2D eigenvalue weighted by Gasteiger charge is -2.04. The Morgan fingerprint density at radius 2 is 2.14 bits per heavy atom. The molecule has 1 aromatic heterocycles. The molecule has 0 unspecified atom stereocenters. The minimum Gasteiger partial charge on any atom is -0.325 e. The van der Waals surface area contributed by atoms with Gasteiger partial charge in [-0.05, 0) is 18.2 Å². The van der Waals surface area contributed by atoms with Crippen LogP contribution in [0.25, 0.3) is 10.8 Å². The lowest BCUT2D eigenvalue weighted by Crippen LogP contribution is -2.00. The Morgan fingerprint density at radius 3 is 2.86 bits per heavy atom. The Balaban J connectivity index is 2.86. The zero-order valence-corrected chi connectivity index (χ0v) is 8.88. The average molecular weight is 255 g/mol. The van der Waals surface area contributed by atoms with Gasteiger partial charge in [-0.25, -0.2) is 4.39 Å². The third-order valence-electron chi connectivity index (χ3n) is 2.07. The number of hydrogen-bond acceptors (Lipinski definition) is 2. The maximum atomic E-state index is 13.5. The van der Waals surface area contributed by atoms with Crippen molar-refractivity contribution in [1.82, 2.24) is 4.98 Å². The summed E-state index contributed by atoms with van der Waals surface area (Å²) < 4.78 is 14.2. The first-order chi connectivity index (χ1) is 6.72. The van der Waals surface area contributed by atoms with E-state index < -0.39 is 0 Å². The molecule has 4 heteroatoms. The molecule has 1 heterocycles. The van der Waals surface area contributed by atoms with E-state index in [1.54, 1.807) is 12.3 Å². The summed E-state index contributed by atoms with van der Waals surface area (Å²) in [6.45, 7) is 0.313. The Labute approximate surface area is 89.1 Å². The predicted octanol–water partition coefficient (Wildman–Crippen LogP) is 2.60. The summed E-state index contributed by atoms with van der Waals surface area (Å²) in [5.74, 6) is -0.258. The highest BCUT2D eigenvalue weighted by Gasteiger charge is 2.06. The molecule has 0 atom stereocenters. The van der Waals surface area contributed by atoms with Crippen molar-refractivity contribution in [2.75, 3.05) is 0 Å². The molecule has 0 bridgehead atoms. The maximum Gasteiger partial charge on any atom is 0.132 e. The molecule has 0 aliphatic rings. The van der Waals surface area contributed by atoms with Gasteiger partial charge >= 0.3 is 0 Å². The summed E-state index contributed by atoms with van der Waals surface area (Å²) in [5.41, 5.74) is 6.23. The van der Waals surface area contributed by atoms with E-state index in [0.717, 1.165) is 5.39 Å². The van der Waals surface area contributed by atoms with Gasteiger partial charge in [-0.1, -0.05) is 15.9 Å². The second kappa shape index (κ2) is 3.63. The number of pyridine rings is 1. The molecule has 2 N–H and O–H groups in total. The van der Waals surface area contributed by atoms with E-state index in [2.05, 4.69) is 20.9 Å². The molecule has 0 spiro atoms. The third-order valence-corrected chi connectivity index (χ3v) is 2.53. The van der Waals surface area contributed by atoms with Crippen LogP contribution in [0.4, 0.5) is 4.39 Å². The molecular formula is C10H8BrFN2. The number of nitrogens with two attached hydrogens (primary N) is 1. The van der Waals surface area contributed by atoms with Gasteiger partial charge in [-0.3, -0.25) is 4.98 Å². The number of fused-ring (bicyclic) bond motifs is 1. The smallest absolute Gasteiger partial charge is 0.132 e. The van der Waals surface area contributed by atoms with Crippen molar-refractivity contribution in [3.8, 4) is 0 Å². The Hall–Kier alpha value is -1.000. The average Bonchev–Trinajstić information content (AvgIpc) is 2.17. The summed E-state index contributed by atoms with van der Waals surface area (Å²) in [4.78, 5) is 4.10. The highest BCUT2D eigenvalue weighted by molar-refractivity contribution is 9.10. The van der Waals surface area contributed by atoms with Crippen LogP contribution < -0.4 is 5.73 Å². The first-order valence-electron chi connectivity index (χ1n) is 4.15. The normalized spacial score (nSPS) is 10.8. The lowest BCUT2D eigenvalue weighted by atomic mass is 10.1. The van der Waals surface area contributed by atoms with Crippen LogP contribution in [0.5, 0.6) is 0 Å². The number of rotatable bonds is 1. The quantitative estimate of drug-likeness (QED) is 0.850. The first-order valence-corrected chi connectivity index (χ1v) is 4.94. The minimum absolute atomic E-state index is 0.258. The van der Waals surface area contributed by atoms with Crippen molar-refractivity contribution in [1.29, 1.82) is 0 Å². The zero-order chi connectivity index (χ0) is 10.1. The number of nitrogens with zero attached hydrogens (tertiary/aromatic N) is 1. The van der Waals surface area contributed by atoms with Crippen LogP contribution in [0, 0.1) is 5.82 Å². The van der Waals surface area contributed by atoms with E-state index in [0.29, 0.717) is 22.1 Å². The van der Waals surface area contributed by atoms with Crippen LogP contribution >= 0.6 is 15.9 Å². The van der Waals surface area contributed by atoms with Gasteiger partial charge in [0.1, 0.15) is 5.82 Å². The lowest BCUT2D eigenvalue weighted by molar-refractivity contribution is 0.638. The Morgan fingerprint density at radius 1 is 1.36 bits per heavy atom. The van der Waals surface area contributed by atoms with Gasteiger partial charge in [-0.2, -0.15) is 0 Å². The minimum atomic E-state index is -0.258. The monoisotopic (exact) mass is 254 g/mol. The fourth-order valence-corrected chi connectivity index (χ4v) is 1.86. The molecule has 0 amide bonds. The summed E-state index contributed by atoms with van der Waals surface area (Å²) >= 11 is 3.24. The van der Waals surface area contributed by atoms with Gasteiger partial charge in [0.15, 0.2) is 0 Å². The maximum absolute atomic E-state index is 13.5. The molecule has 2 nitrogen and oxygen atoms in total. The van der Waals surface area contributed by atoms with E-state index in [4.69, 9.17) is 5.73 Å². The van der Waals surface area contributed by atoms with E-state index in [1.165, 1.54) is 6.07 Å². The molecule has 72 valence electrons. The highest BCUT2D eigenvalue weighted by Crippen LogP contribution is 2.24. The molecule has 2 aromatic rings. The Bertz CT molecular complexity index is 485. The Kier molecular flexibility index (Phi) is 2.48. The van der Waals surface area contributed by atoms with E-state index in [-0.39, 0.29) is 5.82 Å². The summed E-state index contributed by atoms with van der Waals surface area (Å²) in [5, 5.41) is 1.32. The van der Waals surface area contributed by atoms with E-state index in [1.807, 2.05) is 6.07 Å². The molecule has 0 radical (unpaired) electrons. The highest BCUT2D eigenvalue weighted by atomic mass is 79.9. The largest absolute Gasteiger partial charge is 0.325 e. The summed E-state index contributed by atoms with van der Waals surface area (Å²) in [7, 11) is 0. The molecule has 0 saturated heterocycles. The second-order valence-corrected chi connectivity index (χ2v) is 3.86. The van der Waals surface area contributed by atoms with Crippen molar-refractivity contribution < 1.29 is 4.39 Å². The van der Waals surface area contributed by atoms with Gasteiger partial charge in [0, 0.05) is 28.0 Å². The van der Waals surface area contributed by atoms with E-state index >= 15 is 0 Å².